The van der Waals surface area contributed by atoms with Gasteiger partial charge >= 0.3 is 0 Å². The lowest BCUT2D eigenvalue weighted by Gasteiger charge is -2.41. The molecule has 3 rings (SSSR count). The average molecular weight is 204 g/mol. The van der Waals surface area contributed by atoms with E-state index >= 15 is 0 Å². The van der Waals surface area contributed by atoms with E-state index in [1.807, 2.05) is 0 Å². The average Bonchev–Trinajstić information content (AvgIpc) is 2.70. The molecule has 0 saturated heterocycles. The zero-order valence-electron chi connectivity index (χ0n) is 10.7. The molecule has 2 saturated carbocycles. The molecule has 0 aromatic rings. The molecule has 84 valence electrons. The van der Waals surface area contributed by atoms with Gasteiger partial charge in [0, 0.05) is 0 Å². The zero-order valence-corrected chi connectivity index (χ0v) is 10.7. The van der Waals surface area contributed by atoms with Crippen molar-refractivity contribution in [3.05, 3.63) is 11.1 Å². The summed E-state index contributed by atoms with van der Waals surface area (Å²) < 4.78 is 0. The van der Waals surface area contributed by atoms with Gasteiger partial charge in [0.25, 0.3) is 0 Å². The first-order valence-electron chi connectivity index (χ1n) is 6.68. The molecule has 4 atom stereocenters. The minimum atomic E-state index is 0.635. The van der Waals surface area contributed by atoms with E-state index in [0.717, 1.165) is 11.8 Å². The van der Waals surface area contributed by atoms with Crippen molar-refractivity contribution in [2.24, 2.45) is 22.7 Å². The Labute approximate surface area is 94.1 Å². The van der Waals surface area contributed by atoms with Gasteiger partial charge in [-0.1, -0.05) is 25.0 Å². The molecule has 1 spiro atoms. The Morgan fingerprint density at radius 1 is 1.13 bits per heavy atom. The van der Waals surface area contributed by atoms with Crippen LogP contribution in [0.2, 0.25) is 0 Å². The summed E-state index contributed by atoms with van der Waals surface area (Å²) in [6.45, 7) is 9.89. The van der Waals surface area contributed by atoms with E-state index < -0.39 is 0 Å². The van der Waals surface area contributed by atoms with E-state index in [4.69, 9.17) is 0 Å². The standard InChI is InChI=1S/C15H24/c1-10-5-8-15-12(3)11(2)9-14(15,4)7-6-13(10)15/h10,13H,5-9H2,1-4H3/t10-,13+,14+,15+/m0/s1. The van der Waals surface area contributed by atoms with Crippen molar-refractivity contribution >= 4 is 0 Å². The van der Waals surface area contributed by atoms with E-state index in [-0.39, 0.29) is 0 Å². The third-order valence-corrected chi connectivity index (χ3v) is 6.36. The lowest BCUT2D eigenvalue weighted by molar-refractivity contribution is 0.125. The second-order valence-electron chi connectivity index (χ2n) is 6.78. The number of allylic oxidation sites excluding steroid dienone is 2. The molecular weight excluding hydrogens is 180 g/mol. The molecule has 0 aliphatic heterocycles. The highest BCUT2D eigenvalue weighted by molar-refractivity contribution is 5.36. The smallest absolute Gasteiger partial charge is 0.0000629 e. The molecule has 0 heteroatoms. The van der Waals surface area contributed by atoms with Gasteiger partial charge in [0.15, 0.2) is 0 Å². The van der Waals surface area contributed by atoms with Gasteiger partial charge in [0.05, 0.1) is 0 Å². The third kappa shape index (κ3) is 0.905. The third-order valence-electron chi connectivity index (χ3n) is 6.36. The SMILES string of the molecule is CC1=C(C)[C@]23CC[C@H](C)[C@H]2CC[C@]3(C)C1. The van der Waals surface area contributed by atoms with Crippen LogP contribution in [0.15, 0.2) is 11.1 Å². The summed E-state index contributed by atoms with van der Waals surface area (Å²) in [5.74, 6) is 1.99. The van der Waals surface area contributed by atoms with E-state index in [1.54, 1.807) is 11.1 Å². The molecule has 2 fully saturated rings. The van der Waals surface area contributed by atoms with Crippen molar-refractivity contribution in [1.29, 1.82) is 0 Å². The molecule has 15 heavy (non-hydrogen) atoms. The van der Waals surface area contributed by atoms with Crippen LogP contribution in [-0.2, 0) is 0 Å². The maximum absolute atomic E-state index is 2.57. The minimum absolute atomic E-state index is 0.635. The Kier molecular flexibility index (Phi) is 1.79. The van der Waals surface area contributed by atoms with E-state index in [0.29, 0.717) is 10.8 Å². The van der Waals surface area contributed by atoms with Crippen molar-refractivity contribution < 1.29 is 0 Å². The fraction of sp³-hybridized carbons (Fsp3) is 0.867. The van der Waals surface area contributed by atoms with Gasteiger partial charge < -0.3 is 0 Å². The molecule has 0 amide bonds. The first kappa shape index (κ1) is 9.93. The molecule has 0 aromatic carbocycles. The number of rotatable bonds is 0. The largest absolute Gasteiger partial charge is 0.0732 e. The summed E-state index contributed by atoms with van der Waals surface area (Å²) >= 11 is 0. The van der Waals surface area contributed by atoms with Crippen molar-refractivity contribution in [2.45, 2.75) is 59.8 Å². The van der Waals surface area contributed by atoms with Crippen LogP contribution in [0.3, 0.4) is 0 Å². The van der Waals surface area contributed by atoms with Crippen LogP contribution in [0.25, 0.3) is 0 Å². The normalized spacial score (nSPS) is 53.6. The van der Waals surface area contributed by atoms with Gasteiger partial charge in [-0.15, -0.1) is 0 Å². The van der Waals surface area contributed by atoms with Crippen LogP contribution >= 0.6 is 0 Å². The Morgan fingerprint density at radius 3 is 2.60 bits per heavy atom. The van der Waals surface area contributed by atoms with Crippen molar-refractivity contribution in [3.8, 4) is 0 Å². The van der Waals surface area contributed by atoms with Crippen LogP contribution in [0.1, 0.15) is 59.8 Å². The summed E-state index contributed by atoms with van der Waals surface area (Å²) in [7, 11) is 0. The zero-order chi connectivity index (χ0) is 10.8. The van der Waals surface area contributed by atoms with Crippen LogP contribution in [0.5, 0.6) is 0 Å². The highest BCUT2D eigenvalue weighted by Crippen LogP contribution is 2.73. The van der Waals surface area contributed by atoms with Gasteiger partial charge in [0.2, 0.25) is 0 Å². The Hall–Kier alpha value is -0.260. The van der Waals surface area contributed by atoms with E-state index in [9.17, 15) is 0 Å². The highest BCUT2D eigenvalue weighted by Gasteiger charge is 2.64. The maximum Gasteiger partial charge on any atom is -0.0000629 e. The second-order valence-corrected chi connectivity index (χ2v) is 6.78. The maximum atomic E-state index is 2.57. The molecule has 3 aliphatic rings. The van der Waals surface area contributed by atoms with Crippen LogP contribution in [-0.4, -0.2) is 0 Å². The molecule has 0 nitrogen and oxygen atoms in total. The summed E-state index contributed by atoms with van der Waals surface area (Å²) in [4.78, 5) is 0. The first-order valence-corrected chi connectivity index (χ1v) is 6.68. The number of hydrogen-bond acceptors (Lipinski definition) is 0. The van der Waals surface area contributed by atoms with Crippen LogP contribution in [0, 0.1) is 22.7 Å². The summed E-state index contributed by atoms with van der Waals surface area (Å²) in [5.41, 5.74) is 4.78. The number of hydrogen-bond donors (Lipinski definition) is 0. The van der Waals surface area contributed by atoms with Crippen molar-refractivity contribution in [3.63, 3.8) is 0 Å². The molecule has 0 radical (unpaired) electrons. The molecule has 0 unspecified atom stereocenters. The second kappa shape index (κ2) is 2.70. The Balaban J connectivity index is 2.14. The van der Waals surface area contributed by atoms with Gasteiger partial charge in [-0.05, 0) is 68.6 Å². The van der Waals surface area contributed by atoms with E-state index in [2.05, 4.69) is 27.7 Å². The fourth-order valence-corrected chi connectivity index (χ4v) is 5.57. The topological polar surface area (TPSA) is 0 Å². The molecule has 0 N–H and O–H groups in total. The summed E-state index contributed by atoms with van der Waals surface area (Å²) in [6.07, 6.45) is 7.34. The minimum Gasteiger partial charge on any atom is -0.0732 e. The molecule has 0 heterocycles. The predicted molar refractivity (Wildman–Crippen MR) is 64.7 cm³/mol. The highest BCUT2D eigenvalue weighted by atomic mass is 14.7. The lowest BCUT2D eigenvalue weighted by Crippen LogP contribution is -2.34. The quantitative estimate of drug-likeness (QED) is 0.507. The lowest BCUT2D eigenvalue weighted by atomic mass is 9.63. The summed E-state index contributed by atoms with van der Waals surface area (Å²) in [5, 5.41) is 0. The Morgan fingerprint density at radius 2 is 1.87 bits per heavy atom. The fourth-order valence-electron chi connectivity index (χ4n) is 5.57. The van der Waals surface area contributed by atoms with Gasteiger partial charge in [-0.25, -0.2) is 0 Å². The van der Waals surface area contributed by atoms with Crippen molar-refractivity contribution in [1.82, 2.24) is 0 Å². The monoisotopic (exact) mass is 204 g/mol. The van der Waals surface area contributed by atoms with Crippen molar-refractivity contribution in [2.75, 3.05) is 0 Å². The molecule has 0 bridgehead atoms. The van der Waals surface area contributed by atoms with Gasteiger partial charge in [-0.3, -0.25) is 0 Å². The first-order chi connectivity index (χ1) is 7.01. The molecular formula is C15H24. The van der Waals surface area contributed by atoms with Gasteiger partial charge in [0.1, 0.15) is 0 Å². The predicted octanol–water partition coefficient (Wildman–Crippen LogP) is 4.56. The summed E-state index contributed by atoms with van der Waals surface area (Å²) in [6, 6.07) is 0. The van der Waals surface area contributed by atoms with Gasteiger partial charge in [-0.2, -0.15) is 0 Å². The molecule has 3 aliphatic carbocycles. The Bertz CT molecular complexity index is 338. The van der Waals surface area contributed by atoms with Crippen LogP contribution in [0.4, 0.5) is 0 Å². The molecule has 0 aromatic heterocycles. The van der Waals surface area contributed by atoms with Crippen LogP contribution < -0.4 is 0 Å². The van der Waals surface area contributed by atoms with E-state index in [1.165, 1.54) is 32.1 Å².